The summed E-state index contributed by atoms with van der Waals surface area (Å²) in [5.41, 5.74) is 8.70. The van der Waals surface area contributed by atoms with Crippen LogP contribution in [0.25, 0.3) is 0 Å². The van der Waals surface area contributed by atoms with Gasteiger partial charge >= 0.3 is 125 Å². The fourth-order valence-corrected chi connectivity index (χ4v) is 6.20. The van der Waals surface area contributed by atoms with Crippen LogP contribution in [0.4, 0.5) is 0 Å². The molecule has 0 amide bonds. The summed E-state index contributed by atoms with van der Waals surface area (Å²) in [5.74, 6) is 0. The molecule has 2 aromatic rings. The van der Waals surface area contributed by atoms with Gasteiger partial charge in [-0.15, -0.1) is 0 Å². The third-order valence-corrected chi connectivity index (χ3v) is 8.80. The fraction of sp³-hybridized carbons (Fsp3) is 0.333. The van der Waals surface area contributed by atoms with E-state index in [4.69, 9.17) is 0 Å². The van der Waals surface area contributed by atoms with Gasteiger partial charge in [0.15, 0.2) is 0 Å². The number of hydrogen-bond donors (Lipinski definition) is 0. The van der Waals surface area contributed by atoms with E-state index in [1.54, 1.807) is 8.24 Å². The molecule has 0 atom stereocenters. The van der Waals surface area contributed by atoms with Gasteiger partial charge in [-0.2, -0.15) is 0 Å². The van der Waals surface area contributed by atoms with Gasteiger partial charge in [-0.25, -0.2) is 0 Å². The molecule has 19 heavy (non-hydrogen) atoms. The maximum absolute atomic E-state index is 2.33. The van der Waals surface area contributed by atoms with Crippen molar-refractivity contribution in [2.75, 3.05) is 0 Å². The molecular weight excluding hydrogens is 286 g/mol. The van der Waals surface area contributed by atoms with E-state index in [0.29, 0.717) is 0 Å². The van der Waals surface area contributed by atoms with Crippen LogP contribution >= 0.6 is 0 Å². The standard InChI is InChI=1S/2C9H11.Ga/c2*1-7-4-8(2)6-9(3)5-7;/h2*4-5H,1-3H3;. The predicted molar refractivity (Wildman–Crippen MR) is 86.3 cm³/mol. The van der Waals surface area contributed by atoms with Crippen LogP contribution in [0.1, 0.15) is 33.4 Å². The maximum atomic E-state index is 2.33. The third kappa shape index (κ3) is 3.15. The molecule has 0 saturated carbocycles. The summed E-state index contributed by atoms with van der Waals surface area (Å²) in [6, 6.07) is 9.33. The molecule has 0 unspecified atom stereocenters. The van der Waals surface area contributed by atoms with Gasteiger partial charge < -0.3 is 0 Å². The molecule has 0 spiro atoms. The van der Waals surface area contributed by atoms with Gasteiger partial charge in [-0.1, -0.05) is 0 Å². The van der Waals surface area contributed by atoms with Crippen LogP contribution in [0.2, 0.25) is 0 Å². The SMILES string of the molecule is Cc1cc(C)[c]([Ga][c]2c(C)cc(C)cc2C)c(C)c1. The van der Waals surface area contributed by atoms with E-state index in [9.17, 15) is 0 Å². The van der Waals surface area contributed by atoms with Crippen molar-refractivity contribution in [3.63, 3.8) is 0 Å². The van der Waals surface area contributed by atoms with E-state index >= 15 is 0 Å². The molecular formula is C18H22Ga. The summed E-state index contributed by atoms with van der Waals surface area (Å²) in [5, 5.41) is 0. The van der Waals surface area contributed by atoms with Gasteiger partial charge in [0.1, 0.15) is 0 Å². The summed E-state index contributed by atoms with van der Waals surface area (Å²) >= 11 is -0.561. The summed E-state index contributed by atoms with van der Waals surface area (Å²) in [4.78, 5) is 0. The molecule has 0 saturated heterocycles. The van der Waals surface area contributed by atoms with E-state index in [2.05, 4.69) is 65.8 Å². The van der Waals surface area contributed by atoms with E-state index in [-0.39, 0.29) is 0 Å². The number of benzene rings is 2. The van der Waals surface area contributed by atoms with Crippen LogP contribution in [0, 0.1) is 41.5 Å². The monoisotopic (exact) mass is 307 g/mol. The summed E-state index contributed by atoms with van der Waals surface area (Å²) in [6.07, 6.45) is 0. The van der Waals surface area contributed by atoms with E-state index in [0.717, 1.165) is 0 Å². The predicted octanol–water partition coefficient (Wildman–Crippen LogP) is 3.19. The second kappa shape index (κ2) is 5.60. The van der Waals surface area contributed by atoms with Crippen LogP contribution in [0.5, 0.6) is 0 Å². The number of rotatable bonds is 2. The Kier molecular flexibility index (Phi) is 4.27. The Morgan fingerprint density at radius 2 is 0.789 bits per heavy atom. The van der Waals surface area contributed by atoms with Gasteiger partial charge in [-0.3, -0.25) is 0 Å². The zero-order valence-electron chi connectivity index (χ0n) is 12.9. The first-order chi connectivity index (χ1) is 8.88. The quantitative estimate of drug-likeness (QED) is 0.748. The van der Waals surface area contributed by atoms with Crippen LogP contribution < -0.4 is 8.24 Å². The average molecular weight is 308 g/mol. The molecule has 2 aromatic carbocycles. The van der Waals surface area contributed by atoms with Crippen molar-refractivity contribution in [1.82, 2.24) is 0 Å². The minimum atomic E-state index is -0.561. The second-order valence-electron chi connectivity index (χ2n) is 5.77. The average Bonchev–Trinajstić information content (AvgIpc) is 2.25. The van der Waals surface area contributed by atoms with Crippen molar-refractivity contribution < 1.29 is 0 Å². The first-order valence-electron chi connectivity index (χ1n) is 6.89. The van der Waals surface area contributed by atoms with Gasteiger partial charge in [-0.05, 0) is 0 Å². The molecule has 0 nitrogen and oxygen atoms in total. The molecule has 1 radical (unpaired) electrons. The first kappa shape index (κ1) is 14.5. The second-order valence-corrected chi connectivity index (χ2v) is 8.80. The normalized spacial score (nSPS) is 10.6. The van der Waals surface area contributed by atoms with Crippen LogP contribution in [0.3, 0.4) is 0 Å². The van der Waals surface area contributed by atoms with E-state index < -0.39 is 17.4 Å². The number of hydrogen-bond acceptors (Lipinski definition) is 0. The summed E-state index contributed by atoms with van der Waals surface area (Å²) in [7, 11) is 0. The first-order valence-corrected chi connectivity index (χ1v) is 9.31. The van der Waals surface area contributed by atoms with Crippen molar-refractivity contribution >= 4 is 25.6 Å². The fourth-order valence-electron chi connectivity index (χ4n) is 2.98. The molecule has 1 heteroatoms. The molecule has 2 rings (SSSR count). The minimum absolute atomic E-state index is 0.561. The van der Waals surface area contributed by atoms with Crippen LogP contribution in [-0.2, 0) is 0 Å². The van der Waals surface area contributed by atoms with Gasteiger partial charge in [0.05, 0.1) is 0 Å². The van der Waals surface area contributed by atoms with Crippen molar-refractivity contribution in [2.45, 2.75) is 41.5 Å². The molecule has 0 aliphatic carbocycles. The summed E-state index contributed by atoms with van der Waals surface area (Å²) in [6.45, 7) is 13.5. The van der Waals surface area contributed by atoms with Crippen molar-refractivity contribution in [1.29, 1.82) is 0 Å². The Hall–Kier alpha value is -0.924. The van der Waals surface area contributed by atoms with Crippen molar-refractivity contribution in [3.05, 3.63) is 57.6 Å². The molecule has 0 aromatic heterocycles. The number of aryl methyl sites for hydroxylation is 6. The van der Waals surface area contributed by atoms with E-state index in [1.807, 2.05) is 0 Å². The van der Waals surface area contributed by atoms with E-state index in [1.165, 1.54) is 33.4 Å². The Bertz CT molecular complexity index is 522. The van der Waals surface area contributed by atoms with Crippen LogP contribution in [0.15, 0.2) is 24.3 Å². The Balaban J connectivity index is 2.48. The van der Waals surface area contributed by atoms with Gasteiger partial charge in [0.2, 0.25) is 0 Å². The molecule has 0 fully saturated rings. The molecule has 0 aliphatic heterocycles. The molecule has 0 N–H and O–H groups in total. The Morgan fingerprint density at radius 3 is 1.05 bits per heavy atom. The zero-order valence-corrected chi connectivity index (χ0v) is 15.3. The zero-order chi connectivity index (χ0) is 14.2. The molecule has 0 aliphatic rings. The van der Waals surface area contributed by atoms with Crippen molar-refractivity contribution in [3.8, 4) is 0 Å². The summed E-state index contributed by atoms with van der Waals surface area (Å²) < 4.78 is 3.29. The Morgan fingerprint density at radius 1 is 0.526 bits per heavy atom. The van der Waals surface area contributed by atoms with Crippen molar-refractivity contribution in [2.24, 2.45) is 0 Å². The van der Waals surface area contributed by atoms with Gasteiger partial charge in [0.25, 0.3) is 0 Å². The molecule has 0 heterocycles. The van der Waals surface area contributed by atoms with Gasteiger partial charge in [0, 0.05) is 0 Å². The third-order valence-electron chi connectivity index (χ3n) is 3.76. The Labute approximate surface area is 125 Å². The molecule has 0 bridgehead atoms. The molecule has 97 valence electrons. The van der Waals surface area contributed by atoms with Crippen LogP contribution in [-0.4, -0.2) is 17.4 Å². The topological polar surface area (TPSA) is 0 Å².